The SMILES string of the molecule is COc1ccc(OC)c(CNS(=O)(=O)Cc2ccccc2C)c1. The molecule has 0 bridgehead atoms. The predicted molar refractivity (Wildman–Crippen MR) is 90.2 cm³/mol. The van der Waals surface area contributed by atoms with Gasteiger partial charge in [0.1, 0.15) is 11.5 Å². The van der Waals surface area contributed by atoms with Gasteiger partial charge in [0.15, 0.2) is 0 Å². The van der Waals surface area contributed by atoms with Crippen molar-refractivity contribution in [3.05, 3.63) is 59.2 Å². The van der Waals surface area contributed by atoms with Crippen molar-refractivity contribution in [2.24, 2.45) is 0 Å². The smallest absolute Gasteiger partial charge is 0.216 e. The molecular formula is C17H21NO4S. The quantitative estimate of drug-likeness (QED) is 0.845. The maximum atomic E-state index is 12.3. The minimum atomic E-state index is -3.45. The van der Waals surface area contributed by atoms with Crippen LogP contribution >= 0.6 is 0 Å². The summed E-state index contributed by atoms with van der Waals surface area (Å²) in [7, 11) is -0.334. The van der Waals surface area contributed by atoms with E-state index in [1.54, 1.807) is 32.4 Å². The van der Waals surface area contributed by atoms with Crippen LogP contribution in [0.3, 0.4) is 0 Å². The summed E-state index contributed by atoms with van der Waals surface area (Å²) >= 11 is 0. The fraction of sp³-hybridized carbons (Fsp3) is 0.294. The highest BCUT2D eigenvalue weighted by Crippen LogP contribution is 2.24. The Balaban J connectivity index is 2.12. The molecule has 0 aliphatic rings. The van der Waals surface area contributed by atoms with Gasteiger partial charge in [0.25, 0.3) is 0 Å². The van der Waals surface area contributed by atoms with Crippen LogP contribution in [0.1, 0.15) is 16.7 Å². The lowest BCUT2D eigenvalue weighted by Gasteiger charge is -2.12. The number of rotatable bonds is 7. The van der Waals surface area contributed by atoms with Crippen molar-refractivity contribution >= 4 is 10.0 Å². The number of sulfonamides is 1. The lowest BCUT2D eigenvalue weighted by atomic mass is 10.1. The van der Waals surface area contributed by atoms with Gasteiger partial charge in [-0.3, -0.25) is 0 Å². The van der Waals surface area contributed by atoms with Crippen LogP contribution in [0.25, 0.3) is 0 Å². The number of aryl methyl sites for hydroxylation is 1. The van der Waals surface area contributed by atoms with Gasteiger partial charge in [0.05, 0.1) is 20.0 Å². The minimum Gasteiger partial charge on any atom is -0.497 e. The third-order valence-corrected chi connectivity index (χ3v) is 4.85. The number of hydrogen-bond donors (Lipinski definition) is 1. The Kier molecular flexibility index (Phi) is 5.63. The van der Waals surface area contributed by atoms with Crippen LogP contribution in [0, 0.1) is 6.92 Å². The molecule has 23 heavy (non-hydrogen) atoms. The molecule has 0 fully saturated rings. The Morgan fingerprint density at radius 3 is 2.39 bits per heavy atom. The summed E-state index contributed by atoms with van der Waals surface area (Å²) in [5.41, 5.74) is 2.47. The molecule has 0 aliphatic heterocycles. The Hall–Kier alpha value is -2.05. The van der Waals surface area contributed by atoms with Gasteiger partial charge in [0, 0.05) is 12.1 Å². The van der Waals surface area contributed by atoms with Gasteiger partial charge >= 0.3 is 0 Å². The molecule has 0 aromatic heterocycles. The molecule has 6 heteroatoms. The van der Waals surface area contributed by atoms with E-state index in [-0.39, 0.29) is 12.3 Å². The summed E-state index contributed by atoms with van der Waals surface area (Å²) in [6.45, 7) is 2.05. The molecule has 0 aliphatic carbocycles. The molecular weight excluding hydrogens is 314 g/mol. The summed E-state index contributed by atoms with van der Waals surface area (Å²) in [6.07, 6.45) is 0. The zero-order valence-corrected chi connectivity index (χ0v) is 14.3. The van der Waals surface area contributed by atoms with E-state index in [4.69, 9.17) is 9.47 Å². The second kappa shape index (κ2) is 7.48. The molecule has 1 N–H and O–H groups in total. The van der Waals surface area contributed by atoms with Crippen molar-refractivity contribution in [3.63, 3.8) is 0 Å². The molecule has 0 saturated heterocycles. The number of methoxy groups -OCH3 is 2. The summed E-state index contributed by atoms with van der Waals surface area (Å²) in [5, 5.41) is 0. The Morgan fingerprint density at radius 2 is 1.74 bits per heavy atom. The van der Waals surface area contributed by atoms with Crippen LogP contribution < -0.4 is 14.2 Å². The first-order valence-corrected chi connectivity index (χ1v) is 8.83. The van der Waals surface area contributed by atoms with Crippen LogP contribution in [-0.4, -0.2) is 22.6 Å². The zero-order chi connectivity index (χ0) is 16.9. The molecule has 0 amide bonds. The van der Waals surface area contributed by atoms with E-state index in [0.29, 0.717) is 11.5 Å². The molecule has 0 saturated carbocycles. The second-order valence-electron chi connectivity index (χ2n) is 5.18. The van der Waals surface area contributed by atoms with Crippen LogP contribution in [0.2, 0.25) is 0 Å². The van der Waals surface area contributed by atoms with E-state index in [1.165, 1.54) is 0 Å². The minimum absolute atomic E-state index is 0.0496. The Labute approximate surface area is 137 Å². The van der Waals surface area contributed by atoms with Gasteiger partial charge in [-0.25, -0.2) is 13.1 Å². The highest BCUT2D eigenvalue weighted by atomic mass is 32.2. The fourth-order valence-corrected chi connectivity index (χ4v) is 3.45. The summed E-state index contributed by atoms with van der Waals surface area (Å²) < 4.78 is 37.6. The molecule has 2 aromatic rings. The first-order valence-electron chi connectivity index (χ1n) is 7.18. The van der Waals surface area contributed by atoms with E-state index in [2.05, 4.69) is 4.72 Å². The zero-order valence-electron chi connectivity index (χ0n) is 13.5. The highest BCUT2D eigenvalue weighted by molar-refractivity contribution is 7.88. The van der Waals surface area contributed by atoms with Crippen molar-refractivity contribution in [2.45, 2.75) is 19.2 Å². The predicted octanol–water partition coefficient (Wildman–Crippen LogP) is 2.63. The van der Waals surface area contributed by atoms with E-state index in [0.717, 1.165) is 16.7 Å². The normalized spacial score (nSPS) is 11.3. The van der Waals surface area contributed by atoms with Crippen LogP contribution in [0.5, 0.6) is 11.5 Å². The summed E-state index contributed by atoms with van der Waals surface area (Å²) in [5.74, 6) is 1.22. The third kappa shape index (κ3) is 4.71. The fourth-order valence-electron chi connectivity index (χ4n) is 2.24. The van der Waals surface area contributed by atoms with Crippen molar-refractivity contribution < 1.29 is 17.9 Å². The van der Waals surface area contributed by atoms with Crippen LogP contribution in [0.15, 0.2) is 42.5 Å². The monoisotopic (exact) mass is 335 g/mol. The Morgan fingerprint density at radius 1 is 1.00 bits per heavy atom. The van der Waals surface area contributed by atoms with Crippen molar-refractivity contribution in [2.75, 3.05) is 14.2 Å². The molecule has 0 spiro atoms. The first-order chi connectivity index (χ1) is 10.9. The van der Waals surface area contributed by atoms with E-state index < -0.39 is 10.0 Å². The van der Waals surface area contributed by atoms with Crippen molar-refractivity contribution in [1.29, 1.82) is 0 Å². The standard InChI is InChI=1S/C17H21NO4S/c1-13-6-4-5-7-14(13)12-23(19,20)18-11-15-10-16(21-2)8-9-17(15)22-3/h4-10,18H,11-12H2,1-3H3. The molecule has 0 radical (unpaired) electrons. The molecule has 2 rings (SSSR count). The largest absolute Gasteiger partial charge is 0.497 e. The summed E-state index contributed by atoms with van der Waals surface area (Å²) in [4.78, 5) is 0. The van der Waals surface area contributed by atoms with Gasteiger partial charge in [-0.15, -0.1) is 0 Å². The second-order valence-corrected chi connectivity index (χ2v) is 6.99. The lowest BCUT2D eigenvalue weighted by Crippen LogP contribution is -2.25. The molecule has 124 valence electrons. The first kappa shape index (κ1) is 17.3. The highest BCUT2D eigenvalue weighted by Gasteiger charge is 2.14. The number of nitrogens with one attached hydrogen (secondary N) is 1. The summed E-state index contributed by atoms with van der Waals surface area (Å²) in [6, 6.07) is 12.7. The molecule has 0 unspecified atom stereocenters. The molecule has 2 aromatic carbocycles. The third-order valence-electron chi connectivity index (χ3n) is 3.58. The van der Waals surface area contributed by atoms with Crippen molar-refractivity contribution in [1.82, 2.24) is 4.72 Å². The number of hydrogen-bond acceptors (Lipinski definition) is 4. The van der Waals surface area contributed by atoms with Gasteiger partial charge < -0.3 is 9.47 Å². The van der Waals surface area contributed by atoms with Gasteiger partial charge in [0.2, 0.25) is 10.0 Å². The maximum absolute atomic E-state index is 12.3. The molecule has 5 nitrogen and oxygen atoms in total. The Bertz CT molecular complexity index is 772. The average molecular weight is 335 g/mol. The van der Waals surface area contributed by atoms with Gasteiger partial charge in [-0.2, -0.15) is 0 Å². The lowest BCUT2D eigenvalue weighted by molar-refractivity contribution is 0.398. The van der Waals surface area contributed by atoms with Crippen LogP contribution in [0.4, 0.5) is 0 Å². The van der Waals surface area contributed by atoms with E-state index >= 15 is 0 Å². The number of ether oxygens (including phenoxy) is 2. The van der Waals surface area contributed by atoms with E-state index in [1.807, 2.05) is 31.2 Å². The topological polar surface area (TPSA) is 64.6 Å². The van der Waals surface area contributed by atoms with Gasteiger partial charge in [-0.05, 0) is 36.2 Å². The van der Waals surface area contributed by atoms with Crippen LogP contribution in [-0.2, 0) is 22.3 Å². The van der Waals surface area contributed by atoms with E-state index in [9.17, 15) is 8.42 Å². The maximum Gasteiger partial charge on any atom is 0.216 e. The molecule has 0 heterocycles. The number of benzene rings is 2. The van der Waals surface area contributed by atoms with Gasteiger partial charge in [-0.1, -0.05) is 24.3 Å². The average Bonchev–Trinajstić information content (AvgIpc) is 2.54. The molecule has 0 atom stereocenters. The van der Waals surface area contributed by atoms with Crippen molar-refractivity contribution in [3.8, 4) is 11.5 Å².